The van der Waals surface area contributed by atoms with Crippen LogP contribution in [0.15, 0.2) is 0 Å². The number of methoxy groups -OCH3 is 1. The summed E-state index contributed by atoms with van der Waals surface area (Å²) in [4.78, 5) is 0. The van der Waals surface area contributed by atoms with Crippen LogP contribution in [0.25, 0.3) is 0 Å². The van der Waals surface area contributed by atoms with Crippen molar-refractivity contribution in [3.8, 4) is 0 Å². The van der Waals surface area contributed by atoms with Gasteiger partial charge in [0.25, 0.3) is 0 Å². The summed E-state index contributed by atoms with van der Waals surface area (Å²) < 4.78 is 5.13. The third kappa shape index (κ3) is 4.55. The summed E-state index contributed by atoms with van der Waals surface area (Å²) in [6.45, 7) is 7.76. The second-order valence-electron chi connectivity index (χ2n) is 5.93. The largest absolute Gasteiger partial charge is 0.383 e. The summed E-state index contributed by atoms with van der Waals surface area (Å²) in [6.07, 6.45) is 11.3. The van der Waals surface area contributed by atoms with Crippen molar-refractivity contribution >= 4 is 0 Å². The number of rotatable bonds is 8. The van der Waals surface area contributed by atoms with E-state index >= 15 is 0 Å². The van der Waals surface area contributed by atoms with Crippen LogP contribution in [0.4, 0.5) is 0 Å². The summed E-state index contributed by atoms with van der Waals surface area (Å²) in [5, 5.41) is 3.62. The van der Waals surface area contributed by atoms with E-state index in [1.165, 1.54) is 57.9 Å². The number of ether oxygens (including phenoxy) is 1. The van der Waals surface area contributed by atoms with E-state index in [0.717, 1.165) is 19.1 Å². The second kappa shape index (κ2) is 8.92. The Morgan fingerprint density at radius 2 is 1.67 bits per heavy atom. The summed E-state index contributed by atoms with van der Waals surface area (Å²) in [7, 11) is 1.78. The Bertz CT molecular complexity index is 193. The quantitative estimate of drug-likeness (QED) is 0.523. The molecule has 0 heterocycles. The third-order valence-corrected chi connectivity index (χ3v) is 5.09. The molecule has 0 aromatic heterocycles. The Hall–Kier alpha value is -0.0800. The Balaban J connectivity index is 2.53. The maximum atomic E-state index is 5.13. The Kier molecular flexibility index (Phi) is 7.92. The first-order chi connectivity index (χ1) is 8.79. The fraction of sp³-hybridized carbons (Fsp3) is 1.00. The fourth-order valence-corrected chi connectivity index (χ4v) is 3.62. The minimum Gasteiger partial charge on any atom is -0.383 e. The number of nitrogens with one attached hydrogen (secondary N) is 1. The lowest BCUT2D eigenvalue weighted by atomic mass is 9.68. The third-order valence-electron chi connectivity index (χ3n) is 5.09. The first kappa shape index (κ1) is 16.0. The van der Waals surface area contributed by atoms with Gasteiger partial charge in [-0.1, -0.05) is 39.5 Å². The van der Waals surface area contributed by atoms with E-state index in [-0.39, 0.29) is 0 Å². The summed E-state index contributed by atoms with van der Waals surface area (Å²) in [5.41, 5.74) is 0.526. The molecule has 0 aliphatic heterocycles. The van der Waals surface area contributed by atoms with Crippen molar-refractivity contribution in [2.75, 3.05) is 26.8 Å². The molecule has 2 heteroatoms. The van der Waals surface area contributed by atoms with Gasteiger partial charge < -0.3 is 10.1 Å². The predicted octanol–water partition coefficient (Wildman–Crippen LogP) is 4.00. The molecule has 0 unspecified atom stereocenters. The Morgan fingerprint density at radius 3 is 2.17 bits per heavy atom. The van der Waals surface area contributed by atoms with Gasteiger partial charge in [-0.2, -0.15) is 0 Å². The van der Waals surface area contributed by atoms with E-state index in [2.05, 4.69) is 19.2 Å². The molecule has 0 aromatic carbocycles. The fourth-order valence-electron chi connectivity index (χ4n) is 3.62. The lowest BCUT2D eigenvalue weighted by molar-refractivity contribution is 0.116. The van der Waals surface area contributed by atoms with Crippen molar-refractivity contribution in [2.24, 2.45) is 11.3 Å². The summed E-state index contributed by atoms with van der Waals surface area (Å²) >= 11 is 0. The molecule has 108 valence electrons. The van der Waals surface area contributed by atoms with Crippen molar-refractivity contribution in [1.82, 2.24) is 5.32 Å². The molecule has 1 rings (SSSR count). The second-order valence-corrected chi connectivity index (χ2v) is 5.93. The maximum Gasteiger partial charge on any atom is 0.0587 e. The van der Waals surface area contributed by atoms with Gasteiger partial charge in [-0.05, 0) is 37.0 Å². The van der Waals surface area contributed by atoms with Gasteiger partial charge in [0, 0.05) is 20.2 Å². The minimum atomic E-state index is 0.526. The van der Waals surface area contributed by atoms with Crippen molar-refractivity contribution in [3.63, 3.8) is 0 Å². The van der Waals surface area contributed by atoms with E-state index in [1.807, 2.05) is 0 Å². The molecule has 1 aliphatic rings. The van der Waals surface area contributed by atoms with Crippen LogP contribution in [0.1, 0.15) is 65.2 Å². The minimum absolute atomic E-state index is 0.526. The average Bonchev–Trinajstić information content (AvgIpc) is 2.69. The van der Waals surface area contributed by atoms with Crippen LogP contribution in [-0.2, 0) is 4.74 Å². The van der Waals surface area contributed by atoms with E-state index in [9.17, 15) is 0 Å². The smallest absolute Gasteiger partial charge is 0.0587 e. The van der Waals surface area contributed by atoms with Crippen LogP contribution in [0, 0.1) is 11.3 Å². The molecule has 0 bridgehead atoms. The average molecular weight is 255 g/mol. The van der Waals surface area contributed by atoms with Crippen molar-refractivity contribution < 1.29 is 4.74 Å². The highest BCUT2D eigenvalue weighted by Crippen LogP contribution is 2.42. The molecule has 0 spiro atoms. The number of hydrogen-bond acceptors (Lipinski definition) is 2. The van der Waals surface area contributed by atoms with E-state index in [1.54, 1.807) is 7.11 Å². The van der Waals surface area contributed by atoms with Crippen LogP contribution in [0.5, 0.6) is 0 Å². The van der Waals surface area contributed by atoms with Crippen molar-refractivity contribution in [1.29, 1.82) is 0 Å². The number of hydrogen-bond donors (Lipinski definition) is 1. The first-order valence-corrected chi connectivity index (χ1v) is 7.98. The molecule has 0 aromatic rings. The molecule has 1 saturated carbocycles. The van der Waals surface area contributed by atoms with Gasteiger partial charge in [-0.25, -0.2) is 0 Å². The SMILES string of the molecule is CCC(CC)(CNCCOC)C1CCCCCC1. The highest BCUT2D eigenvalue weighted by atomic mass is 16.5. The van der Waals surface area contributed by atoms with Gasteiger partial charge in [-0.3, -0.25) is 0 Å². The highest BCUT2D eigenvalue weighted by Gasteiger charge is 2.35. The van der Waals surface area contributed by atoms with E-state index in [0.29, 0.717) is 5.41 Å². The summed E-state index contributed by atoms with van der Waals surface area (Å²) in [6, 6.07) is 0. The molecule has 0 saturated heterocycles. The Morgan fingerprint density at radius 1 is 1.06 bits per heavy atom. The normalized spacial score (nSPS) is 18.8. The molecular weight excluding hydrogens is 222 g/mol. The summed E-state index contributed by atoms with van der Waals surface area (Å²) in [5.74, 6) is 0.935. The molecule has 0 amide bonds. The maximum absolute atomic E-state index is 5.13. The van der Waals surface area contributed by atoms with Crippen molar-refractivity contribution in [2.45, 2.75) is 65.2 Å². The van der Waals surface area contributed by atoms with Crippen LogP contribution < -0.4 is 5.32 Å². The van der Waals surface area contributed by atoms with Crippen LogP contribution >= 0.6 is 0 Å². The molecule has 1 aliphatic carbocycles. The zero-order chi connectivity index (χ0) is 13.3. The van der Waals surface area contributed by atoms with Gasteiger partial charge in [0.1, 0.15) is 0 Å². The van der Waals surface area contributed by atoms with E-state index < -0.39 is 0 Å². The molecule has 1 N–H and O–H groups in total. The molecular formula is C16H33NO. The first-order valence-electron chi connectivity index (χ1n) is 7.98. The van der Waals surface area contributed by atoms with Crippen molar-refractivity contribution in [3.05, 3.63) is 0 Å². The van der Waals surface area contributed by atoms with E-state index in [4.69, 9.17) is 4.74 Å². The van der Waals surface area contributed by atoms with Crippen LogP contribution in [0.2, 0.25) is 0 Å². The molecule has 1 fully saturated rings. The zero-order valence-corrected chi connectivity index (χ0v) is 12.8. The highest BCUT2D eigenvalue weighted by molar-refractivity contribution is 4.87. The lowest BCUT2D eigenvalue weighted by Gasteiger charge is -2.40. The molecule has 0 radical (unpaired) electrons. The van der Waals surface area contributed by atoms with Crippen LogP contribution in [-0.4, -0.2) is 26.8 Å². The van der Waals surface area contributed by atoms with Gasteiger partial charge >= 0.3 is 0 Å². The standard InChI is InChI=1S/C16H33NO/c1-4-16(5-2,14-17-12-13-18-3)15-10-8-6-7-9-11-15/h15,17H,4-14H2,1-3H3. The van der Waals surface area contributed by atoms with Gasteiger partial charge in [0.05, 0.1) is 6.61 Å². The van der Waals surface area contributed by atoms with Crippen LogP contribution in [0.3, 0.4) is 0 Å². The topological polar surface area (TPSA) is 21.3 Å². The van der Waals surface area contributed by atoms with Gasteiger partial charge in [0.2, 0.25) is 0 Å². The lowest BCUT2D eigenvalue weighted by Crippen LogP contribution is -2.40. The molecule has 2 nitrogen and oxygen atoms in total. The Labute approximate surface area is 114 Å². The predicted molar refractivity (Wildman–Crippen MR) is 79.0 cm³/mol. The molecule has 18 heavy (non-hydrogen) atoms. The van der Waals surface area contributed by atoms with Gasteiger partial charge in [0.15, 0.2) is 0 Å². The monoisotopic (exact) mass is 255 g/mol. The molecule has 0 atom stereocenters. The zero-order valence-electron chi connectivity index (χ0n) is 12.8. The van der Waals surface area contributed by atoms with Gasteiger partial charge in [-0.15, -0.1) is 0 Å².